The molecule has 8 heteroatoms. The van der Waals surface area contributed by atoms with Crippen LogP contribution in [0.3, 0.4) is 0 Å². The number of carbonyl (C=O) groups is 2. The summed E-state index contributed by atoms with van der Waals surface area (Å²) < 4.78 is 5.27. The van der Waals surface area contributed by atoms with Gasteiger partial charge in [-0.15, -0.1) is 0 Å². The highest BCUT2D eigenvalue weighted by atomic mass is 16.6. The van der Waals surface area contributed by atoms with Gasteiger partial charge >= 0.3 is 11.9 Å². The molecule has 0 aromatic heterocycles. The van der Waals surface area contributed by atoms with Crippen LogP contribution in [0.2, 0.25) is 0 Å². The quantitative estimate of drug-likeness (QED) is 0.445. The van der Waals surface area contributed by atoms with Crippen molar-refractivity contribution in [3.05, 3.63) is 62.5 Å². The van der Waals surface area contributed by atoms with Crippen molar-refractivity contribution >= 4 is 17.6 Å². The van der Waals surface area contributed by atoms with Crippen LogP contribution >= 0.6 is 0 Å². The smallest absolute Gasteiger partial charge is 0.337 e. The van der Waals surface area contributed by atoms with E-state index in [0.717, 1.165) is 0 Å². The summed E-state index contributed by atoms with van der Waals surface area (Å²) in [6.07, 6.45) is -0.395. The molecule has 8 nitrogen and oxygen atoms in total. The van der Waals surface area contributed by atoms with Crippen molar-refractivity contribution in [3.8, 4) is 0 Å². The molecule has 1 aromatic rings. The van der Waals surface area contributed by atoms with Crippen LogP contribution in [0, 0.1) is 10.1 Å². The van der Waals surface area contributed by atoms with Crippen molar-refractivity contribution < 1.29 is 24.4 Å². The number of rotatable bonds is 5. The number of aliphatic carboxylic acids is 1. The summed E-state index contributed by atoms with van der Waals surface area (Å²) >= 11 is 0. The van der Waals surface area contributed by atoms with E-state index in [1.54, 1.807) is 33.8 Å². The average Bonchev–Trinajstić information content (AvgIpc) is 2.61. The summed E-state index contributed by atoms with van der Waals surface area (Å²) in [6, 6.07) is 5.62. The number of nitro benzene ring substituents is 1. The lowest BCUT2D eigenvalue weighted by atomic mass is 9.80. The first kappa shape index (κ1) is 22.9. The average molecular weight is 390 g/mol. The zero-order valence-corrected chi connectivity index (χ0v) is 16.9. The van der Waals surface area contributed by atoms with Gasteiger partial charge in [-0.25, -0.2) is 9.59 Å². The van der Waals surface area contributed by atoms with Crippen molar-refractivity contribution in [2.24, 2.45) is 0 Å². The number of non-ortho nitro benzene ring substituents is 1. The van der Waals surface area contributed by atoms with Gasteiger partial charge in [0.05, 0.1) is 28.1 Å². The minimum absolute atomic E-state index is 0.0493. The number of nitrogens with zero attached hydrogens (tertiary/aromatic N) is 1. The van der Waals surface area contributed by atoms with Crippen molar-refractivity contribution in [2.75, 3.05) is 0 Å². The van der Waals surface area contributed by atoms with Crippen LogP contribution in [-0.4, -0.2) is 28.1 Å². The Morgan fingerprint density at radius 2 is 1.75 bits per heavy atom. The number of carbonyl (C=O) groups excluding carboxylic acids is 1. The lowest BCUT2D eigenvalue weighted by Gasteiger charge is -2.30. The number of carboxylic acids is 1. The fraction of sp³-hybridized carbons (Fsp3) is 0.400. The molecular weight excluding hydrogens is 364 g/mol. The minimum atomic E-state index is -1.21. The molecule has 0 fully saturated rings. The molecule has 0 amide bonds. The number of hydrogen-bond donors (Lipinski definition) is 2. The molecule has 152 valence electrons. The molecule has 1 aliphatic rings. The molecule has 28 heavy (non-hydrogen) atoms. The fourth-order valence-electron chi connectivity index (χ4n) is 2.98. The number of hydrogen-bond acceptors (Lipinski definition) is 6. The Morgan fingerprint density at radius 1 is 1.18 bits per heavy atom. The van der Waals surface area contributed by atoms with E-state index in [4.69, 9.17) is 4.74 Å². The van der Waals surface area contributed by atoms with Crippen LogP contribution in [0.1, 0.15) is 53.0 Å². The molecule has 1 heterocycles. The highest BCUT2D eigenvalue weighted by Gasteiger charge is 2.38. The molecule has 2 N–H and O–H groups in total. The summed E-state index contributed by atoms with van der Waals surface area (Å²) in [5.74, 6) is -2.85. The molecule has 0 spiro atoms. The largest absolute Gasteiger partial charge is 0.478 e. The lowest BCUT2D eigenvalue weighted by molar-refractivity contribution is -0.384. The predicted molar refractivity (Wildman–Crippen MR) is 105 cm³/mol. The Bertz CT molecular complexity index is 839. The molecule has 1 unspecified atom stereocenters. The van der Waals surface area contributed by atoms with E-state index in [0.29, 0.717) is 17.0 Å². The third kappa shape index (κ3) is 4.97. The van der Waals surface area contributed by atoms with Crippen LogP contribution in [-0.2, 0) is 14.3 Å². The number of allylic oxidation sites excluding steroid dienone is 2. The topological polar surface area (TPSA) is 119 Å². The highest BCUT2D eigenvalue weighted by Crippen LogP contribution is 2.39. The third-order valence-corrected chi connectivity index (χ3v) is 3.97. The van der Waals surface area contributed by atoms with E-state index >= 15 is 0 Å². The first-order valence-corrected chi connectivity index (χ1v) is 9.00. The number of nitro groups is 1. The van der Waals surface area contributed by atoms with Gasteiger partial charge in [-0.1, -0.05) is 26.0 Å². The number of benzene rings is 1. The van der Waals surface area contributed by atoms with Crippen molar-refractivity contribution in [1.82, 2.24) is 5.32 Å². The molecule has 1 aliphatic heterocycles. The van der Waals surface area contributed by atoms with E-state index in [2.05, 4.69) is 5.32 Å². The molecule has 0 saturated heterocycles. The Labute approximate surface area is 164 Å². The molecule has 2 rings (SSSR count). The molecule has 1 atom stereocenters. The van der Waals surface area contributed by atoms with Gasteiger partial charge in [0.2, 0.25) is 0 Å². The van der Waals surface area contributed by atoms with Gasteiger partial charge in [0.25, 0.3) is 5.69 Å². The third-order valence-electron chi connectivity index (χ3n) is 3.97. The van der Waals surface area contributed by atoms with Gasteiger partial charge in [-0.3, -0.25) is 10.1 Å². The number of nitrogens with one attached hydrogen (secondary N) is 1. The molecule has 1 aromatic carbocycles. The Hall–Kier alpha value is -3.16. The lowest BCUT2D eigenvalue weighted by Crippen LogP contribution is -2.32. The van der Waals surface area contributed by atoms with Crippen molar-refractivity contribution in [1.29, 1.82) is 0 Å². The van der Waals surface area contributed by atoms with Crippen molar-refractivity contribution in [3.63, 3.8) is 0 Å². The number of esters is 1. The minimum Gasteiger partial charge on any atom is -0.478 e. The second-order valence-corrected chi connectivity index (χ2v) is 6.25. The fourth-order valence-corrected chi connectivity index (χ4v) is 2.98. The zero-order valence-electron chi connectivity index (χ0n) is 16.9. The van der Waals surface area contributed by atoms with Gasteiger partial charge in [0.1, 0.15) is 0 Å². The molecular formula is C20H26N2O6. The maximum Gasteiger partial charge on any atom is 0.337 e. The summed E-state index contributed by atoms with van der Waals surface area (Å²) in [5.41, 5.74) is 1.06. The monoisotopic (exact) mass is 390 g/mol. The van der Waals surface area contributed by atoms with Gasteiger partial charge in [-0.05, 0) is 33.3 Å². The normalized spacial score (nSPS) is 16.2. The Morgan fingerprint density at radius 3 is 2.25 bits per heavy atom. The maximum atomic E-state index is 12.6. The van der Waals surface area contributed by atoms with Gasteiger partial charge < -0.3 is 15.2 Å². The van der Waals surface area contributed by atoms with Crippen molar-refractivity contribution in [2.45, 2.75) is 53.6 Å². The SMILES string of the molecule is CC.CC1=C(C(=O)O)C(c2cccc([N+](=O)[O-])c2)C(C(=O)OC(C)C)=C(C)N1. The van der Waals surface area contributed by atoms with E-state index in [1.807, 2.05) is 13.8 Å². The number of ether oxygens (including phenoxy) is 1. The van der Waals surface area contributed by atoms with E-state index in [-0.39, 0.29) is 16.8 Å². The second kappa shape index (κ2) is 9.68. The highest BCUT2D eigenvalue weighted by molar-refractivity contribution is 5.99. The zero-order chi connectivity index (χ0) is 21.6. The van der Waals surface area contributed by atoms with Crippen LogP contribution in [0.5, 0.6) is 0 Å². The molecule has 0 radical (unpaired) electrons. The van der Waals surface area contributed by atoms with Gasteiger partial charge in [-0.2, -0.15) is 0 Å². The first-order valence-electron chi connectivity index (χ1n) is 9.00. The van der Waals surface area contributed by atoms with E-state index in [1.165, 1.54) is 18.2 Å². The standard InChI is InChI=1S/C18H20N2O6.C2H6/c1-9(2)26-18(23)15-11(4)19-10(3)14(17(21)22)16(15)12-6-5-7-13(8-12)20(24)25;1-2/h5-9,16,19H,1-4H3,(H,21,22);1-2H3. The van der Waals surface area contributed by atoms with Gasteiger partial charge in [0.15, 0.2) is 0 Å². The van der Waals surface area contributed by atoms with E-state index in [9.17, 15) is 24.8 Å². The number of dihydropyridines is 1. The second-order valence-electron chi connectivity index (χ2n) is 6.25. The molecule has 0 aliphatic carbocycles. The Kier molecular flexibility index (Phi) is 7.91. The van der Waals surface area contributed by atoms with Crippen LogP contribution < -0.4 is 5.32 Å². The summed E-state index contributed by atoms with van der Waals surface area (Å²) in [7, 11) is 0. The molecule has 0 saturated carbocycles. The Balaban J connectivity index is 0.00000190. The summed E-state index contributed by atoms with van der Waals surface area (Å²) in [6.45, 7) is 10.6. The summed E-state index contributed by atoms with van der Waals surface area (Å²) in [4.78, 5) is 35.0. The summed E-state index contributed by atoms with van der Waals surface area (Å²) in [5, 5.41) is 23.7. The first-order chi connectivity index (χ1) is 13.1. The van der Waals surface area contributed by atoms with Crippen LogP contribution in [0.25, 0.3) is 0 Å². The van der Waals surface area contributed by atoms with E-state index < -0.39 is 28.9 Å². The predicted octanol–water partition coefficient (Wildman–Crippen LogP) is 3.89. The van der Waals surface area contributed by atoms with Crippen LogP contribution in [0.15, 0.2) is 46.8 Å². The van der Waals surface area contributed by atoms with Gasteiger partial charge in [0, 0.05) is 23.5 Å². The molecule has 0 bridgehead atoms. The number of carboxylic acid groups (broad SMARTS) is 1. The maximum absolute atomic E-state index is 12.6. The van der Waals surface area contributed by atoms with Crippen LogP contribution in [0.4, 0.5) is 5.69 Å².